The van der Waals surface area contributed by atoms with Crippen molar-refractivity contribution in [1.82, 2.24) is 10.6 Å². The van der Waals surface area contributed by atoms with Crippen LogP contribution >= 0.6 is 0 Å². The Kier molecular flexibility index (Phi) is 4.49. The largest absolute Gasteiger partial charge is 0.352 e. The average molecular weight is 358 g/mol. The molecule has 5 rings (SSSR count). The zero-order valence-electron chi connectivity index (χ0n) is 15.3. The highest BCUT2D eigenvalue weighted by Crippen LogP contribution is 2.61. The lowest BCUT2D eigenvalue weighted by atomic mass is 9.48. The van der Waals surface area contributed by atoms with Crippen molar-refractivity contribution in [3.05, 3.63) is 35.6 Å². The number of nitrogens with one attached hydrogen (secondary N) is 2. The van der Waals surface area contributed by atoms with Crippen LogP contribution in [0.25, 0.3) is 0 Å². The van der Waals surface area contributed by atoms with Gasteiger partial charge in [0.05, 0.1) is 12.1 Å². The first-order valence-corrected chi connectivity index (χ1v) is 9.77. The maximum absolute atomic E-state index is 13.6. The molecule has 2 N–H and O–H groups in total. The van der Waals surface area contributed by atoms with Gasteiger partial charge in [-0.15, -0.1) is 0 Å². The van der Waals surface area contributed by atoms with E-state index in [0.717, 1.165) is 17.8 Å². The normalized spacial score (nSPS) is 32.9. The minimum Gasteiger partial charge on any atom is -0.352 e. The summed E-state index contributed by atoms with van der Waals surface area (Å²) in [5, 5.41) is 5.64. The highest BCUT2D eigenvalue weighted by Gasteiger charge is 2.53. The van der Waals surface area contributed by atoms with Gasteiger partial charge in [0.15, 0.2) is 0 Å². The molecule has 4 aliphatic rings. The Hall–Kier alpha value is -1.91. The molecule has 4 nitrogen and oxygen atoms in total. The lowest BCUT2D eigenvalue weighted by molar-refractivity contribution is -0.124. The van der Waals surface area contributed by atoms with E-state index in [1.807, 2.05) is 0 Å². The summed E-state index contributed by atoms with van der Waals surface area (Å²) in [6, 6.07) is 5.91. The summed E-state index contributed by atoms with van der Waals surface area (Å²) in [5.41, 5.74) is 0.203. The average Bonchev–Trinajstić information content (AvgIpc) is 2.59. The zero-order valence-corrected chi connectivity index (χ0v) is 15.3. The second-order valence-corrected chi connectivity index (χ2v) is 8.73. The van der Waals surface area contributed by atoms with E-state index < -0.39 is 11.7 Å². The molecule has 1 atom stereocenters. The molecule has 4 aliphatic carbocycles. The molecule has 4 saturated carbocycles. The Bertz CT molecular complexity index is 682. The number of carbonyl (C=O) groups excluding carboxylic acids is 2. The Morgan fingerprint density at radius 2 is 1.69 bits per heavy atom. The Labute approximate surface area is 153 Å². The molecule has 4 fully saturated rings. The predicted molar refractivity (Wildman–Crippen MR) is 96.9 cm³/mol. The highest BCUT2D eigenvalue weighted by atomic mass is 19.1. The molecule has 0 radical (unpaired) electrons. The van der Waals surface area contributed by atoms with Gasteiger partial charge in [-0.3, -0.25) is 9.59 Å². The van der Waals surface area contributed by atoms with E-state index in [9.17, 15) is 14.0 Å². The summed E-state index contributed by atoms with van der Waals surface area (Å²) in [4.78, 5) is 24.4. The number of halogens is 1. The zero-order chi connectivity index (χ0) is 18.3. The predicted octanol–water partition coefficient (Wildman–Crippen LogP) is 3.28. The van der Waals surface area contributed by atoms with Crippen LogP contribution < -0.4 is 10.6 Å². The van der Waals surface area contributed by atoms with E-state index in [4.69, 9.17) is 0 Å². The monoisotopic (exact) mass is 358 g/mol. The minimum absolute atomic E-state index is 0.0329. The van der Waals surface area contributed by atoms with Gasteiger partial charge >= 0.3 is 0 Å². The van der Waals surface area contributed by atoms with E-state index in [0.29, 0.717) is 0 Å². The van der Waals surface area contributed by atoms with Gasteiger partial charge in [0.1, 0.15) is 5.82 Å². The van der Waals surface area contributed by atoms with Crippen molar-refractivity contribution in [2.45, 2.75) is 51.5 Å². The number of hydrogen-bond acceptors (Lipinski definition) is 2. The van der Waals surface area contributed by atoms with Crippen LogP contribution in [0.2, 0.25) is 0 Å². The molecule has 1 unspecified atom stereocenters. The van der Waals surface area contributed by atoms with Crippen LogP contribution in [0.3, 0.4) is 0 Å². The molecule has 0 aromatic heterocycles. The second-order valence-electron chi connectivity index (χ2n) is 8.73. The van der Waals surface area contributed by atoms with Gasteiger partial charge in [-0.1, -0.05) is 12.1 Å². The van der Waals surface area contributed by atoms with Crippen molar-refractivity contribution in [3.63, 3.8) is 0 Å². The molecule has 0 aliphatic heterocycles. The minimum atomic E-state index is -0.577. The van der Waals surface area contributed by atoms with Crippen molar-refractivity contribution < 1.29 is 14.0 Å². The third-order valence-corrected chi connectivity index (χ3v) is 6.91. The molecule has 2 amide bonds. The molecular formula is C21H27FN2O2. The first kappa shape index (κ1) is 17.5. The number of hydrogen-bond donors (Lipinski definition) is 2. The molecule has 0 spiro atoms. The van der Waals surface area contributed by atoms with Gasteiger partial charge in [0.2, 0.25) is 5.91 Å². The Morgan fingerprint density at radius 1 is 1.12 bits per heavy atom. The van der Waals surface area contributed by atoms with Gasteiger partial charge in [-0.05, 0) is 80.8 Å². The van der Waals surface area contributed by atoms with Crippen molar-refractivity contribution in [1.29, 1.82) is 0 Å². The fraction of sp³-hybridized carbons (Fsp3) is 0.619. The summed E-state index contributed by atoms with van der Waals surface area (Å²) in [5.74, 6) is 1.18. The van der Waals surface area contributed by atoms with E-state index in [-0.39, 0.29) is 29.5 Å². The van der Waals surface area contributed by atoms with Gasteiger partial charge in [0, 0.05) is 6.04 Å². The molecule has 0 heterocycles. The summed E-state index contributed by atoms with van der Waals surface area (Å²) < 4.78 is 13.6. The van der Waals surface area contributed by atoms with Gasteiger partial charge in [0.25, 0.3) is 5.91 Å². The van der Waals surface area contributed by atoms with Crippen molar-refractivity contribution >= 4 is 11.8 Å². The van der Waals surface area contributed by atoms with Gasteiger partial charge in [-0.2, -0.15) is 0 Å². The van der Waals surface area contributed by atoms with Crippen molar-refractivity contribution in [2.75, 3.05) is 6.54 Å². The molecule has 5 heteroatoms. The standard InChI is InChI=1S/C21H27FN2O2/c1-13(21-9-14-6-15(10-21)8-16(7-14)11-21)24-19(25)12-23-20(26)17-4-2-3-5-18(17)22/h2-5,13-16H,6-12H2,1H3,(H,23,26)(H,24,25). The number of carbonyl (C=O) groups is 2. The molecule has 0 saturated heterocycles. The number of rotatable bonds is 5. The van der Waals surface area contributed by atoms with Gasteiger partial charge < -0.3 is 10.6 Å². The summed E-state index contributed by atoms with van der Waals surface area (Å²) >= 11 is 0. The van der Waals surface area contributed by atoms with Crippen molar-refractivity contribution in [3.8, 4) is 0 Å². The molecule has 1 aromatic rings. The first-order chi connectivity index (χ1) is 12.4. The topological polar surface area (TPSA) is 58.2 Å². The molecule has 1 aromatic carbocycles. The maximum Gasteiger partial charge on any atom is 0.254 e. The SMILES string of the molecule is CC(NC(=O)CNC(=O)c1ccccc1F)C12CC3CC(CC(C3)C1)C2. The summed E-state index contributed by atoms with van der Waals surface area (Å²) in [6.45, 7) is 1.99. The van der Waals surface area contributed by atoms with Crippen LogP contribution in [0.5, 0.6) is 0 Å². The Morgan fingerprint density at radius 3 is 2.27 bits per heavy atom. The van der Waals surface area contributed by atoms with E-state index in [1.165, 1.54) is 56.7 Å². The maximum atomic E-state index is 13.6. The number of benzene rings is 1. The molecular weight excluding hydrogens is 331 g/mol. The van der Waals surface area contributed by atoms with E-state index in [2.05, 4.69) is 17.6 Å². The van der Waals surface area contributed by atoms with E-state index >= 15 is 0 Å². The van der Waals surface area contributed by atoms with Crippen LogP contribution in [-0.4, -0.2) is 24.4 Å². The van der Waals surface area contributed by atoms with Crippen LogP contribution in [0.1, 0.15) is 55.8 Å². The fourth-order valence-electron chi connectivity index (χ4n) is 6.05. The fourth-order valence-corrected chi connectivity index (χ4v) is 6.05. The summed E-state index contributed by atoms with van der Waals surface area (Å²) in [7, 11) is 0. The molecule has 26 heavy (non-hydrogen) atoms. The second kappa shape index (κ2) is 6.67. The lowest BCUT2D eigenvalue weighted by Gasteiger charge is -2.59. The smallest absolute Gasteiger partial charge is 0.254 e. The third-order valence-electron chi connectivity index (χ3n) is 6.91. The van der Waals surface area contributed by atoms with Crippen LogP contribution in [-0.2, 0) is 4.79 Å². The quantitative estimate of drug-likeness (QED) is 0.849. The highest BCUT2D eigenvalue weighted by molar-refractivity contribution is 5.96. The third kappa shape index (κ3) is 3.24. The van der Waals surface area contributed by atoms with Crippen LogP contribution in [0.15, 0.2) is 24.3 Å². The summed E-state index contributed by atoms with van der Waals surface area (Å²) in [6.07, 6.45) is 7.79. The number of amides is 2. The molecule has 140 valence electrons. The Balaban J connectivity index is 1.32. The van der Waals surface area contributed by atoms with Gasteiger partial charge in [-0.25, -0.2) is 4.39 Å². The molecule has 4 bridgehead atoms. The first-order valence-electron chi connectivity index (χ1n) is 9.77. The van der Waals surface area contributed by atoms with Crippen molar-refractivity contribution in [2.24, 2.45) is 23.2 Å². The van der Waals surface area contributed by atoms with E-state index in [1.54, 1.807) is 6.07 Å². The van der Waals surface area contributed by atoms with Crippen LogP contribution in [0.4, 0.5) is 4.39 Å². The lowest BCUT2D eigenvalue weighted by Crippen LogP contribution is -2.56. The van der Waals surface area contributed by atoms with Crippen LogP contribution in [0, 0.1) is 29.0 Å².